The van der Waals surface area contributed by atoms with E-state index in [-0.39, 0.29) is 11.8 Å². The first-order chi connectivity index (χ1) is 10.2. The summed E-state index contributed by atoms with van der Waals surface area (Å²) in [5, 5.41) is 10.8. The molecule has 4 aliphatic carbocycles. The zero-order chi connectivity index (χ0) is 16.2. The second-order valence-corrected chi connectivity index (χ2v) is 7.64. The number of esters is 2. The van der Waals surface area contributed by atoms with Gasteiger partial charge in [-0.1, -0.05) is 6.58 Å². The SMILES string of the molecule is C=C(C)C(=O)OC12CC3CC(O)(CC(OC(=O)CCl)(C3)C1)C2. The molecule has 4 bridgehead atoms. The Morgan fingerprint density at radius 3 is 2.27 bits per heavy atom. The summed E-state index contributed by atoms with van der Waals surface area (Å²) in [7, 11) is 0. The molecule has 0 radical (unpaired) electrons. The maximum atomic E-state index is 12.0. The zero-order valence-electron chi connectivity index (χ0n) is 12.7. The summed E-state index contributed by atoms with van der Waals surface area (Å²) in [5.74, 6) is -0.982. The molecule has 0 spiro atoms. The molecule has 0 saturated heterocycles. The fourth-order valence-corrected chi connectivity index (χ4v) is 5.05. The van der Waals surface area contributed by atoms with Crippen LogP contribution in [-0.2, 0) is 19.1 Å². The molecule has 4 unspecified atom stereocenters. The van der Waals surface area contributed by atoms with Crippen molar-refractivity contribution < 1.29 is 24.2 Å². The van der Waals surface area contributed by atoms with Gasteiger partial charge in [-0.2, -0.15) is 0 Å². The van der Waals surface area contributed by atoms with Gasteiger partial charge in [0.25, 0.3) is 0 Å². The molecule has 0 amide bonds. The number of ether oxygens (including phenoxy) is 2. The van der Waals surface area contributed by atoms with Crippen LogP contribution in [-0.4, -0.2) is 39.7 Å². The predicted octanol–water partition coefficient (Wildman–Crippen LogP) is 2.09. The fourth-order valence-electron chi connectivity index (χ4n) is 4.99. The van der Waals surface area contributed by atoms with E-state index in [1.807, 2.05) is 0 Å². The van der Waals surface area contributed by atoms with Crippen molar-refractivity contribution in [3.05, 3.63) is 12.2 Å². The van der Waals surface area contributed by atoms with Crippen molar-refractivity contribution in [2.45, 2.75) is 62.3 Å². The first-order valence-electron chi connectivity index (χ1n) is 7.58. The first kappa shape index (κ1) is 15.8. The number of rotatable bonds is 4. The molecule has 122 valence electrons. The molecule has 0 aromatic carbocycles. The standard InChI is InChI=1S/C16H21ClO5/c1-10(2)13(19)22-16-5-11-3-14(20,8-16)7-15(4-11,9-16)21-12(18)6-17/h11,20H,1,3-9H2,2H3. The fraction of sp³-hybridized carbons (Fsp3) is 0.750. The van der Waals surface area contributed by atoms with Crippen LogP contribution in [0.5, 0.6) is 0 Å². The quantitative estimate of drug-likeness (QED) is 0.486. The monoisotopic (exact) mass is 328 g/mol. The maximum Gasteiger partial charge on any atom is 0.333 e. The third kappa shape index (κ3) is 2.65. The average molecular weight is 329 g/mol. The predicted molar refractivity (Wildman–Crippen MR) is 79.3 cm³/mol. The van der Waals surface area contributed by atoms with Crippen molar-refractivity contribution in [2.75, 3.05) is 5.88 Å². The van der Waals surface area contributed by atoms with Gasteiger partial charge in [-0.05, 0) is 32.1 Å². The molecule has 6 heteroatoms. The Labute approximate surface area is 134 Å². The molecule has 4 aliphatic rings. The Hall–Kier alpha value is -1.07. The Kier molecular flexibility index (Phi) is 3.57. The normalized spacial score (nSPS) is 42.0. The zero-order valence-corrected chi connectivity index (χ0v) is 13.4. The van der Waals surface area contributed by atoms with Crippen LogP contribution in [0.1, 0.15) is 45.4 Å². The summed E-state index contributed by atoms with van der Waals surface area (Å²) >= 11 is 5.55. The highest BCUT2D eigenvalue weighted by Gasteiger charge is 2.66. The summed E-state index contributed by atoms with van der Waals surface area (Å²) in [5.41, 5.74) is -2.15. The van der Waals surface area contributed by atoms with E-state index in [0.29, 0.717) is 44.1 Å². The smallest absolute Gasteiger partial charge is 0.333 e. The van der Waals surface area contributed by atoms with E-state index in [9.17, 15) is 14.7 Å². The van der Waals surface area contributed by atoms with Crippen LogP contribution >= 0.6 is 11.6 Å². The van der Waals surface area contributed by atoms with Crippen molar-refractivity contribution in [1.82, 2.24) is 0 Å². The summed E-state index contributed by atoms with van der Waals surface area (Å²) in [6.07, 6.45) is 3.29. The largest absolute Gasteiger partial charge is 0.458 e. The van der Waals surface area contributed by atoms with Crippen LogP contribution in [0.4, 0.5) is 0 Å². The van der Waals surface area contributed by atoms with Crippen molar-refractivity contribution in [3.63, 3.8) is 0 Å². The average Bonchev–Trinajstić information content (AvgIpc) is 2.34. The van der Waals surface area contributed by atoms with Gasteiger partial charge in [0.1, 0.15) is 17.1 Å². The van der Waals surface area contributed by atoms with Crippen LogP contribution in [0, 0.1) is 5.92 Å². The molecule has 4 saturated carbocycles. The van der Waals surface area contributed by atoms with Crippen molar-refractivity contribution in [2.24, 2.45) is 5.92 Å². The van der Waals surface area contributed by atoms with Crippen LogP contribution in [0.2, 0.25) is 0 Å². The van der Waals surface area contributed by atoms with Gasteiger partial charge in [0, 0.05) is 24.8 Å². The molecule has 0 aromatic rings. The minimum atomic E-state index is -0.943. The van der Waals surface area contributed by atoms with Gasteiger partial charge in [0.15, 0.2) is 0 Å². The summed E-state index contributed by atoms with van der Waals surface area (Å²) in [6.45, 7) is 5.21. The van der Waals surface area contributed by atoms with Gasteiger partial charge in [-0.15, -0.1) is 11.6 Å². The molecule has 4 atom stereocenters. The van der Waals surface area contributed by atoms with Gasteiger partial charge in [0.2, 0.25) is 0 Å². The number of alkyl halides is 1. The summed E-state index contributed by atoms with van der Waals surface area (Å²) in [6, 6.07) is 0. The molecule has 0 aromatic heterocycles. The number of aliphatic hydroxyl groups is 1. The Bertz CT molecular complexity index is 547. The highest BCUT2D eigenvalue weighted by Crippen LogP contribution is 2.61. The molecule has 0 heterocycles. The van der Waals surface area contributed by atoms with Crippen molar-refractivity contribution in [3.8, 4) is 0 Å². The van der Waals surface area contributed by atoms with E-state index < -0.39 is 28.7 Å². The van der Waals surface area contributed by atoms with E-state index in [0.717, 1.165) is 0 Å². The van der Waals surface area contributed by atoms with Gasteiger partial charge in [-0.3, -0.25) is 4.79 Å². The van der Waals surface area contributed by atoms with Crippen molar-refractivity contribution >= 4 is 23.5 Å². The molecule has 1 N–H and O–H groups in total. The number of hydrogen-bond donors (Lipinski definition) is 1. The second kappa shape index (κ2) is 4.96. The topological polar surface area (TPSA) is 72.8 Å². The summed E-state index contributed by atoms with van der Waals surface area (Å²) in [4.78, 5) is 23.7. The first-order valence-corrected chi connectivity index (χ1v) is 8.11. The van der Waals surface area contributed by atoms with Crippen LogP contribution < -0.4 is 0 Å². The lowest BCUT2D eigenvalue weighted by atomic mass is 9.50. The number of carbonyl (C=O) groups excluding carboxylic acids is 2. The Morgan fingerprint density at radius 1 is 1.18 bits per heavy atom. The van der Waals surface area contributed by atoms with Gasteiger partial charge < -0.3 is 14.6 Å². The lowest BCUT2D eigenvalue weighted by molar-refractivity contribution is -0.265. The minimum absolute atomic E-state index is 0.183. The number of hydrogen-bond acceptors (Lipinski definition) is 5. The highest BCUT2D eigenvalue weighted by atomic mass is 35.5. The number of carbonyl (C=O) groups is 2. The third-order valence-electron chi connectivity index (χ3n) is 5.03. The van der Waals surface area contributed by atoms with Crippen LogP contribution in [0.25, 0.3) is 0 Å². The Morgan fingerprint density at radius 2 is 1.77 bits per heavy atom. The van der Waals surface area contributed by atoms with Gasteiger partial charge in [-0.25, -0.2) is 4.79 Å². The second-order valence-electron chi connectivity index (χ2n) is 7.38. The number of halogens is 1. The lowest BCUT2D eigenvalue weighted by Gasteiger charge is -2.63. The molecular weight excluding hydrogens is 308 g/mol. The van der Waals surface area contributed by atoms with E-state index in [2.05, 4.69) is 6.58 Å². The van der Waals surface area contributed by atoms with Gasteiger partial charge >= 0.3 is 11.9 Å². The Balaban J connectivity index is 1.89. The minimum Gasteiger partial charge on any atom is -0.458 e. The van der Waals surface area contributed by atoms with E-state index in [1.165, 1.54) is 0 Å². The van der Waals surface area contributed by atoms with E-state index in [4.69, 9.17) is 21.1 Å². The molecule has 5 nitrogen and oxygen atoms in total. The molecule has 22 heavy (non-hydrogen) atoms. The maximum absolute atomic E-state index is 12.0. The van der Waals surface area contributed by atoms with E-state index >= 15 is 0 Å². The van der Waals surface area contributed by atoms with Crippen molar-refractivity contribution in [1.29, 1.82) is 0 Å². The molecule has 4 rings (SSSR count). The van der Waals surface area contributed by atoms with Crippen LogP contribution in [0.15, 0.2) is 12.2 Å². The lowest BCUT2D eigenvalue weighted by Crippen LogP contribution is -2.68. The van der Waals surface area contributed by atoms with Gasteiger partial charge in [0.05, 0.1) is 5.60 Å². The highest BCUT2D eigenvalue weighted by molar-refractivity contribution is 6.26. The van der Waals surface area contributed by atoms with Crippen LogP contribution in [0.3, 0.4) is 0 Å². The molecule has 0 aliphatic heterocycles. The summed E-state index contributed by atoms with van der Waals surface area (Å²) < 4.78 is 11.3. The molecule has 4 fully saturated rings. The molecular formula is C16H21ClO5. The van der Waals surface area contributed by atoms with E-state index in [1.54, 1.807) is 6.92 Å². The third-order valence-corrected chi connectivity index (χ3v) is 5.25.